The first-order valence-electron chi connectivity index (χ1n) is 8.86. The maximum Gasteiger partial charge on any atom is 0.241 e. The number of sulfone groups is 1. The van der Waals surface area contributed by atoms with Gasteiger partial charge in [-0.2, -0.15) is 0 Å². The van der Waals surface area contributed by atoms with Gasteiger partial charge in [0.25, 0.3) is 0 Å². The van der Waals surface area contributed by atoms with Crippen molar-refractivity contribution in [2.75, 3.05) is 24.2 Å². The van der Waals surface area contributed by atoms with Crippen LogP contribution in [0.2, 0.25) is 0 Å². The largest absolute Gasteiger partial charge is 0.324 e. The summed E-state index contributed by atoms with van der Waals surface area (Å²) in [6.45, 7) is 1.17. The van der Waals surface area contributed by atoms with Gasteiger partial charge in [-0.15, -0.1) is 0 Å². The molecule has 0 aromatic heterocycles. The number of para-hydroxylation sites is 1. The van der Waals surface area contributed by atoms with Crippen LogP contribution in [-0.2, 0) is 21.1 Å². The molecule has 1 amide bonds. The van der Waals surface area contributed by atoms with Gasteiger partial charge in [0, 0.05) is 18.8 Å². The fraction of sp³-hybridized carbons (Fsp3) is 0.611. The Bertz CT molecular complexity index is 755. The summed E-state index contributed by atoms with van der Waals surface area (Å²) in [6.07, 6.45) is 4.87. The van der Waals surface area contributed by atoms with E-state index in [0.717, 1.165) is 43.4 Å². The summed E-state index contributed by atoms with van der Waals surface area (Å²) in [6, 6.07) is 7.67. The number of fused-ring (bicyclic) bond motifs is 1. The summed E-state index contributed by atoms with van der Waals surface area (Å²) < 4.78 is 24.8. The minimum absolute atomic E-state index is 0.00177. The normalized spacial score (nSPS) is 29.0. The molecule has 1 aromatic carbocycles. The van der Waals surface area contributed by atoms with E-state index in [1.807, 2.05) is 24.3 Å². The molecule has 2 aliphatic heterocycles. The number of nitrogens with zero attached hydrogens (tertiary/aromatic N) is 1. The van der Waals surface area contributed by atoms with E-state index in [0.29, 0.717) is 19.5 Å². The van der Waals surface area contributed by atoms with Gasteiger partial charge in [0.2, 0.25) is 5.91 Å². The van der Waals surface area contributed by atoms with E-state index in [9.17, 15) is 13.2 Å². The third-order valence-electron chi connectivity index (χ3n) is 6.13. The van der Waals surface area contributed by atoms with E-state index in [2.05, 4.69) is 10.2 Å². The van der Waals surface area contributed by atoms with Gasteiger partial charge in [-0.1, -0.05) is 24.6 Å². The van der Waals surface area contributed by atoms with E-state index >= 15 is 0 Å². The molecule has 1 aromatic rings. The van der Waals surface area contributed by atoms with Gasteiger partial charge in [0.05, 0.1) is 16.5 Å². The molecule has 1 saturated carbocycles. The zero-order valence-electron chi connectivity index (χ0n) is 13.8. The molecule has 1 atom stereocenters. The summed E-state index contributed by atoms with van der Waals surface area (Å²) >= 11 is 0. The Labute approximate surface area is 143 Å². The zero-order valence-corrected chi connectivity index (χ0v) is 14.6. The lowest BCUT2D eigenvalue weighted by Gasteiger charge is -2.40. The Morgan fingerprint density at radius 1 is 1.12 bits per heavy atom. The van der Waals surface area contributed by atoms with E-state index in [-0.39, 0.29) is 17.7 Å². The van der Waals surface area contributed by atoms with Crippen molar-refractivity contribution in [1.29, 1.82) is 0 Å². The average molecular weight is 348 g/mol. The highest BCUT2D eigenvalue weighted by Gasteiger charge is 2.50. The van der Waals surface area contributed by atoms with Crippen LogP contribution in [-0.4, -0.2) is 48.9 Å². The molecule has 5 nitrogen and oxygen atoms in total. The second-order valence-corrected chi connectivity index (χ2v) is 9.85. The lowest BCUT2D eigenvalue weighted by atomic mass is 9.81. The third-order valence-corrected chi connectivity index (χ3v) is 8.78. The molecule has 1 spiro atoms. The molecule has 2 heterocycles. The van der Waals surface area contributed by atoms with Crippen molar-refractivity contribution < 1.29 is 13.2 Å². The molecule has 6 heteroatoms. The SMILES string of the molecule is O=C1Nc2ccccc2CCC1N1CCC2(CCC2)S(=O)(=O)CC1. The van der Waals surface area contributed by atoms with Crippen LogP contribution in [0.4, 0.5) is 5.69 Å². The number of anilines is 1. The van der Waals surface area contributed by atoms with Crippen LogP contribution < -0.4 is 5.32 Å². The monoisotopic (exact) mass is 348 g/mol. The standard InChI is InChI=1S/C18H24N2O3S/c21-17-16(7-6-14-4-1-2-5-15(14)19-17)20-11-10-18(8-3-9-18)24(22,23)13-12-20/h1-2,4-5,16H,3,6-13H2,(H,19,21). The van der Waals surface area contributed by atoms with Gasteiger partial charge >= 0.3 is 0 Å². The Morgan fingerprint density at radius 2 is 1.92 bits per heavy atom. The molecule has 1 unspecified atom stereocenters. The Balaban J connectivity index is 1.53. The number of carbonyl (C=O) groups is 1. The van der Waals surface area contributed by atoms with Crippen molar-refractivity contribution >= 4 is 21.4 Å². The first-order chi connectivity index (χ1) is 11.5. The van der Waals surface area contributed by atoms with Gasteiger partial charge in [0.15, 0.2) is 9.84 Å². The Morgan fingerprint density at radius 3 is 2.67 bits per heavy atom. The molecule has 1 N–H and O–H groups in total. The molecule has 0 radical (unpaired) electrons. The van der Waals surface area contributed by atoms with Gasteiger partial charge < -0.3 is 5.32 Å². The van der Waals surface area contributed by atoms with Crippen molar-refractivity contribution in [2.24, 2.45) is 0 Å². The topological polar surface area (TPSA) is 66.5 Å². The number of nitrogens with one attached hydrogen (secondary N) is 1. The number of benzene rings is 1. The quantitative estimate of drug-likeness (QED) is 0.843. The molecule has 3 aliphatic rings. The van der Waals surface area contributed by atoms with Gasteiger partial charge in [0.1, 0.15) is 0 Å². The molecule has 2 fully saturated rings. The van der Waals surface area contributed by atoms with Crippen LogP contribution in [0.3, 0.4) is 0 Å². The van der Waals surface area contributed by atoms with Crippen molar-refractivity contribution in [1.82, 2.24) is 4.90 Å². The molecule has 1 aliphatic carbocycles. The number of aryl methyl sites for hydroxylation is 1. The summed E-state index contributed by atoms with van der Waals surface area (Å²) in [5.74, 6) is 0.186. The molecule has 1 saturated heterocycles. The predicted molar refractivity (Wildman–Crippen MR) is 93.7 cm³/mol. The van der Waals surface area contributed by atoms with Crippen molar-refractivity contribution in [3.8, 4) is 0 Å². The minimum Gasteiger partial charge on any atom is -0.324 e. The van der Waals surface area contributed by atoms with Gasteiger partial charge in [-0.25, -0.2) is 8.42 Å². The molecule has 0 bridgehead atoms. The average Bonchev–Trinajstić information content (AvgIpc) is 2.75. The highest BCUT2D eigenvalue weighted by atomic mass is 32.2. The molecular formula is C18H24N2O3S. The summed E-state index contributed by atoms with van der Waals surface area (Å²) in [5.41, 5.74) is 2.05. The smallest absolute Gasteiger partial charge is 0.241 e. The van der Waals surface area contributed by atoms with Gasteiger partial charge in [-0.3, -0.25) is 9.69 Å². The predicted octanol–water partition coefficient (Wildman–Crippen LogP) is 1.98. The third kappa shape index (κ3) is 2.56. The highest BCUT2D eigenvalue weighted by molar-refractivity contribution is 7.92. The van der Waals surface area contributed by atoms with Crippen LogP contribution >= 0.6 is 0 Å². The fourth-order valence-corrected chi connectivity index (χ4v) is 6.58. The number of hydrogen-bond acceptors (Lipinski definition) is 4. The Hall–Kier alpha value is -1.40. The van der Waals surface area contributed by atoms with Crippen LogP contribution in [0.25, 0.3) is 0 Å². The first kappa shape index (κ1) is 16.1. The molecule has 4 rings (SSSR count). The van der Waals surface area contributed by atoms with Crippen LogP contribution in [0.5, 0.6) is 0 Å². The van der Waals surface area contributed by atoms with E-state index in [1.54, 1.807) is 0 Å². The minimum atomic E-state index is -3.05. The maximum atomic E-state index is 12.7. The summed E-state index contributed by atoms with van der Waals surface area (Å²) in [7, 11) is -3.05. The first-order valence-corrected chi connectivity index (χ1v) is 10.5. The molecule has 130 valence electrons. The maximum absolute atomic E-state index is 12.7. The second-order valence-electron chi connectivity index (χ2n) is 7.34. The van der Waals surface area contributed by atoms with Crippen molar-refractivity contribution in [2.45, 2.75) is 49.3 Å². The van der Waals surface area contributed by atoms with Crippen LogP contribution in [0.1, 0.15) is 37.7 Å². The van der Waals surface area contributed by atoms with Crippen molar-refractivity contribution in [3.63, 3.8) is 0 Å². The van der Waals surface area contributed by atoms with E-state index in [4.69, 9.17) is 0 Å². The number of amides is 1. The lowest BCUT2D eigenvalue weighted by molar-refractivity contribution is -0.121. The molecule has 24 heavy (non-hydrogen) atoms. The van der Waals surface area contributed by atoms with Crippen LogP contribution in [0.15, 0.2) is 24.3 Å². The van der Waals surface area contributed by atoms with E-state index < -0.39 is 14.6 Å². The molecular weight excluding hydrogens is 324 g/mol. The number of carbonyl (C=O) groups excluding carboxylic acids is 1. The van der Waals surface area contributed by atoms with Crippen molar-refractivity contribution in [3.05, 3.63) is 29.8 Å². The Kier molecular flexibility index (Phi) is 3.92. The van der Waals surface area contributed by atoms with E-state index in [1.165, 1.54) is 0 Å². The fourth-order valence-electron chi connectivity index (χ4n) is 4.36. The lowest BCUT2D eigenvalue weighted by Crippen LogP contribution is -2.46. The summed E-state index contributed by atoms with van der Waals surface area (Å²) in [4.78, 5) is 14.8. The summed E-state index contributed by atoms with van der Waals surface area (Å²) in [5, 5.41) is 3.03. The number of rotatable bonds is 1. The van der Waals surface area contributed by atoms with Gasteiger partial charge in [-0.05, 0) is 43.7 Å². The van der Waals surface area contributed by atoms with Crippen LogP contribution in [0, 0.1) is 0 Å². The number of hydrogen-bond donors (Lipinski definition) is 1. The second kappa shape index (κ2) is 5.85. The zero-order chi connectivity index (χ0) is 16.8. The highest BCUT2D eigenvalue weighted by Crippen LogP contribution is 2.44.